The monoisotopic (exact) mass is 205 g/mol. The minimum Gasteiger partial charge on any atom is -0.339 e. The lowest BCUT2D eigenvalue weighted by Gasteiger charge is -2.22. The van der Waals surface area contributed by atoms with Crippen LogP contribution in [0.15, 0.2) is 16.8 Å². The summed E-state index contributed by atoms with van der Waals surface area (Å²) in [6.07, 6.45) is 1.86. The Labute approximate surface area is 86.3 Å². The molecule has 0 saturated carbocycles. The smallest absolute Gasteiger partial charge is 0.232 e. The average Bonchev–Trinajstić information content (AvgIpc) is 2.70. The molecular formula is C9H11N5O. The van der Waals surface area contributed by atoms with Crippen molar-refractivity contribution in [2.45, 2.75) is 5.92 Å². The molecule has 2 aromatic rings. The summed E-state index contributed by atoms with van der Waals surface area (Å²) in [5.74, 6) is 1.64. The van der Waals surface area contributed by atoms with Crippen LogP contribution < -0.4 is 5.32 Å². The van der Waals surface area contributed by atoms with Crippen molar-refractivity contribution in [2.24, 2.45) is 7.05 Å². The summed E-state index contributed by atoms with van der Waals surface area (Å²) >= 11 is 0. The molecule has 0 radical (unpaired) electrons. The number of nitrogens with one attached hydrogen (secondary N) is 1. The first-order valence-electron chi connectivity index (χ1n) is 4.87. The maximum absolute atomic E-state index is 5.18. The van der Waals surface area contributed by atoms with Crippen molar-refractivity contribution in [3.63, 3.8) is 0 Å². The van der Waals surface area contributed by atoms with E-state index in [1.54, 1.807) is 4.68 Å². The second kappa shape index (κ2) is 3.16. The van der Waals surface area contributed by atoms with Gasteiger partial charge >= 0.3 is 0 Å². The Morgan fingerprint density at radius 3 is 3.00 bits per heavy atom. The fraction of sp³-hybridized carbons (Fsp3) is 0.444. The maximum atomic E-state index is 5.18. The highest BCUT2D eigenvalue weighted by atomic mass is 16.5. The Bertz CT molecular complexity index is 470. The molecule has 0 unspecified atom stereocenters. The molecule has 0 amide bonds. The third-order valence-corrected chi connectivity index (χ3v) is 2.52. The van der Waals surface area contributed by atoms with E-state index in [1.807, 2.05) is 19.3 Å². The molecule has 0 aliphatic carbocycles. The molecule has 0 spiro atoms. The molecule has 6 nitrogen and oxygen atoms in total. The zero-order valence-corrected chi connectivity index (χ0v) is 8.34. The number of hydrogen-bond acceptors (Lipinski definition) is 5. The molecule has 15 heavy (non-hydrogen) atoms. The highest BCUT2D eigenvalue weighted by molar-refractivity contribution is 5.46. The average molecular weight is 205 g/mol. The summed E-state index contributed by atoms with van der Waals surface area (Å²) in [5, 5.41) is 11.3. The van der Waals surface area contributed by atoms with Gasteiger partial charge in [-0.2, -0.15) is 10.1 Å². The fourth-order valence-electron chi connectivity index (χ4n) is 1.50. The van der Waals surface area contributed by atoms with Gasteiger partial charge in [0.15, 0.2) is 0 Å². The quantitative estimate of drug-likeness (QED) is 0.756. The Kier molecular flexibility index (Phi) is 1.81. The minimum atomic E-state index is 0.370. The summed E-state index contributed by atoms with van der Waals surface area (Å²) in [6.45, 7) is 1.84. The van der Waals surface area contributed by atoms with E-state index in [2.05, 4.69) is 20.6 Å². The van der Waals surface area contributed by atoms with Gasteiger partial charge in [0.2, 0.25) is 11.7 Å². The normalized spacial score (nSPS) is 16.6. The van der Waals surface area contributed by atoms with E-state index in [0.717, 1.165) is 18.8 Å². The molecule has 0 aromatic carbocycles. The van der Waals surface area contributed by atoms with Gasteiger partial charge in [-0.15, -0.1) is 0 Å². The highest BCUT2D eigenvalue weighted by Crippen LogP contribution is 2.20. The molecule has 0 atom stereocenters. The summed E-state index contributed by atoms with van der Waals surface area (Å²) in [5.41, 5.74) is 0.750. The molecule has 1 aliphatic heterocycles. The summed E-state index contributed by atoms with van der Waals surface area (Å²) in [4.78, 5) is 4.32. The van der Waals surface area contributed by atoms with Gasteiger partial charge in [-0.3, -0.25) is 4.68 Å². The van der Waals surface area contributed by atoms with E-state index < -0.39 is 0 Å². The van der Waals surface area contributed by atoms with Crippen molar-refractivity contribution in [3.05, 3.63) is 18.2 Å². The van der Waals surface area contributed by atoms with Crippen molar-refractivity contribution in [2.75, 3.05) is 13.1 Å². The number of hydrogen-bond donors (Lipinski definition) is 1. The van der Waals surface area contributed by atoms with Gasteiger partial charge in [0, 0.05) is 26.3 Å². The van der Waals surface area contributed by atoms with Gasteiger partial charge < -0.3 is 9.84 Å². The van der Waals surface area contributed by atoms with Crippen LogP contribution in [0, 0.1) is 0 Å². The Morgan fingerprint density at radius 1 is 1.53 bits per heavy atom. The van der Waals surface area contributed by atoms with Gasteiger partial charge in [0.05, 0.1) is 5.92 Å². The molecule has 6 heteroatoms. The molecule has 3 heterocycles. The zero-order valence-electron chi connectivity index (χ0n) is 8.34. The third-order valence-electron chi connectivity index (χ3n) is 2.52. The Morgan fingerprint density at radius 2 is 2.40 bits per heavy atom. The van der Waals surface area contributed by atoms with E-state index >= 15 is 0 Å². The summed E-state index contributed by atoms with van der Waals surface area (Å²) < 4.78 is 6.90. The van der Waals surface area contributed by atoms with E-state index in [4.69, 9.17) is 4.52 Å². The van der Waals surface area contributed by atoms with Crippen LogP contribution in [0.4, 0.5) is 0 Å². The third kappa shape index (κ3) is 1.42. The Hall–Kier alpha value is -1.69. The second-order valence-corrected chi connectivity index (χ2v) is 3.69. The lowest BCUT2D eigenvalue weighted by atomic mass is 10.0. The molecule has 3 rings (SSSR count). The molecule has 2 aromatic heterocycles. The van der Waals surface area contributed by atoms with Crippen LogP contribution in [-0.4, -0.2) is 33.0 Å². The first-order valence-corrected chi connectivity index (χ1v) is 4.87. The van der Waals surface area contributed by atoms with Crippen molar-refractivity contribution in [1.29, 1.82) is 0 Å². The maximum Gasteiger partial charge on any atom is 0.232 e. The minimum absolute atomic E-state index is 0.370. The van der Waals surface area contributed by atoms with Gasteiger partial charge in [-0.1, -0.05) is 5.16 Å². The van der Waals surface area contributed by atoms with Crippen LogP contribution >= 0.6 is 0 Å². The highest BCUT2D eigenvalue weighted by Gasteiger charge is 2.25. The lowest BCUT2D eigenvalue weighted by molar-refractivity contribution is 0.308. The summed E-state index contributed by atoms with van der Waals surface area (Å²) in [6, 6.07) is 1.87. The molecule has 78 valence electrons. The van der Waals surface area contributed by atoms with Crippen LogP contribution in [-0.2, 0) is 7.05 Å². The molecule has 0 bridgehead atoms. The van der Waals surface area contributed by atoms with Gasteiger partial charge in [-0.05, 0) is 6.07 Å². The first kappa shape index (κ1) is 8.60. The number of aryl methyl sites for hydroxylation is 1. The second-order valence-electron chi connectivity index (χ2n) is 3.69. The van der Waals surface area contributed by atoms with Crippen LogP contribution in [0.25, 0.3) is 11.5 Å². The topological polar surface area (TPSA) is 68.8 Å². The SMILES string of the molecule is Cn1ccc(-c2noc(C3CNC3)n2)n1. The van der Waals surface area contributed by atoms with Crippen LogP contribution in [0.1, 0.15) is 11.8 Å². The van der Waals surface area contributed by atoms with Crippen LogP contribution in [0.3, 0.4) is 0 Å². The van der Waals surface area contributed by atoms with Crippen molar-refractivity contribution < 1.29 is 4.52 Å². The van der Waals surface area contributed by atoms with Gasteiger partial charge in [0.1, 0.15) is 5.69 Å². The molecular weight excluding hydrogens is 194 g/mol. The molecule has 1 N–H and O–H groups in total. The van der Waals surface area contributed by atoms with Crippen molar-refractivity contribution >= 4 is 0 Å². The zero-order chi connectivity index (χ0) is 10.3. The predicted octanol–water partition coefficient (Wildman–Crippen LogP) is 0.157. The van der Waals surface area contributed by atoms with E-state index in [9.17, 15) is 0 Å². The number of rotatable bonds is 2. The molecule has 1 fully saturated rings. The van der Waals surface area contributed by atoms with Gasteiger partial charge in [-0.25, -0.2) is 0 Å². The lowest BCUT2D eigenvalue weighted by Crippen LogP contribution is -2.40. The van der Waals surface area contributed by atoms with Crippen LogP contribution in [0.2, 0.25) is 0 Å². The first-order chi connectivity index (χ1) is 7.33. The predicted molar refractivity (Wildman–Crippen MR) is 52.1 cm³/mol. The van der Waals surface area contributed by atoms with Gasteiger partial charge in [0.25, 0.3) is 0 Å². The largest absolute Gasteiger partial charge is 0.339 e. The number of aromatic nitrogens is 4. The number of nitrogens with zero attached hydrogens (tertiary/aromatic N) is 4. The van der Waals surface area contributed by atoms with E-state index in [-0.39, 0.29) is 0 Å². The van der Waals surface area contributed by atoms with E-state index in [0.29, 0.717) is 17.6 Å². The van der Waals surface area contributed by atoms with Crippen molar-refractivity contribution in [1.82, 2.24) is 25.2 Å². The Balaban J connectivity index is 1.89. The molecule has 1 aliphatic rings. The van der Waals surface area contributed by atoms with E-state index in [1.165, 1.54) is 0 Å². The summed E-state index contributed by atoms with van der Waals surface area (Å²) in [7, 11) is 1.86. The van der Waals surface area contributed by atoms with Crippen molar-refractivity contribution in [3.8, 4) is 11.5 Å². The fourth-order valence-corrected chi connectivity index (χ4v) is 1.50. The van der Waals surface area contributed by atoms with Crippen LogP contribution in [0.5, 0.6) is 0 Å². The standard InChI is InChI=1S/C9H11N5O/c1-14-3-2-7(12-14)8-11-9(15-13-8)6-4-10-5-6/h2-3,6,10H,4-5H2,1H3. The molecule has 1 saturated heterocycles.